The zero-order chi connectivity index (χ0) is 42.6. The van der Waals surface area contributed by atoms with Crippen molar-refractivity contribution in [1.29, 1.82) is 0 Å². The van der Waals surface area contributed by atoms with Crippen LogP contribution in [0.3, 0.4) is 0 Å². The second kappa shape index (κ2) is 20.0. The van der Waals surface area contributed by atoms with Gasteiger partial charge in [-0.25, -0.2) is 0 Å². The number of fused-ring (bicyclic) bond motifs is 3. The van der Waals surface area contributed by atoms with Gasteiger partial charge < -0.3 is 0 Å². The van der Waals surface area contributed by atoms with E-state index in [4.69, 9.17) is 0 Å². The molecule has 11 aliphatic carbocycles. The van der Waals surface area contributed by atoms with Crippen LogP contribution in [0.15, 0.2) is 11.6 Å². The topological polar surface area (TPSA) is 0 Å². The van der Waals surface area contributed by atoms with Gasteiger partial charge in [-0.1, -0.05) is 155 Å². The Hall–Kier alpha value is -0.260. The van der Waals surface area contributed by atoms with Gasteiger partial charge in [-0.15, -0.1) is 0 Å². The Balaban J connectivity index is 0.919. The third-order valence-corrected chi connectivity index (χ3v) is 24.6. The molecule has 0 heterocycles. The zero-order valence-electron chi connectivity index (χ0n) is 42.4. The molecule has 0 amide bonds. The Morgan fingerprint density at radius 3 is 1.30 bits per heavy atom. The summed E-state index contributed by atoms with van der Waals surface area (Å²) >= 11 is 0. The molecule has 11 aliphatic rings. The smallest absolute Gasteiger partial charge is 0.0200 e. The van der Waals surface area contributed by atoms with E-state index in [2.05, 4.69) is 39.3 Å². The Labute approximate surface area is 392 Å². The molecule has 0 spiro atoms. The lowest BCUT2D eigenvalue weighted by Crippen LogP contribution is -2.56. The summed E-state index contributed by atoms with van der Waals surface area (Å²) in [6, 6.07) is 0. The van der Waals surface area contributed by atoms with Crippen LogP contribution in [-0.4, -0.2) is 0 Å². The largest absolute Gasteiger partial charge is 0.0816 e. The molecule has 13 atom stereocenters. The molecule has 0 aromatic heterocycles. The van der Waals surface area contributed by atoms with Crippen LogP contribution in [0.5, 0.6) is 0 Å². The Morgan fingerprint density at radius 1 is 0.270 bits per heavy atom. The summed E-state index contributed by atoms with van der Waals surface area (Å²) in [5.41, 5.74) is 2.06. The third kappa shape index (κ3) is 9.44. The fraction of sp³-hybridized carbons (Fsp3) is 0.968. The van der Waals surface area contributed by atoms with Crippen molar-refractivity contribution < 1.29 is 0 Å². The van der Waals surface area contributed by atoms with Gasteiger partial charge in [0.2, 0.25) is 0 Å². The fourth-order valence-corrected chi connectivity index (χ4v) is 21.5. The van der Waals surface area contributed by atoms with Crippen molar-refractivity contribution in [3.8, 4) is 0 Å². The summed E-state index contributed by atoms with van der Waals surface area (Å²) in [5, 5.41) is 0. The zero-order valence-corrected chi connectivity index (χ0v) is 42.4. The maximum absolute atomic E-state index is 3.16. The van der Waals surface area contributed by atoms with Crippen LogP contribution < -0.4 is 0 Å². The van der Waals surface area contributed by atoms with Gasteiger partial charge in [-0.2, -0.15) is 0 Å². The first-order valence-electron chi connectivity index (χ1n) is 30.6. The van der Waals surface area contributed by atoms with Crippen molar-refractivity contribution in [3.63, 3.8) is 0 Å². The number of allylic oxidation sites excluding steroid dienone is 2. The van der Waals surface area contributed by atoms with Crippen molar-refractivity contribution in [2.75, 3.05) is 0 Å². The van der Waals surface area contributed by atoms with Crippen molar-refractivity contribution in [1.82, 2.24) is 0 Å². The minimum atomic E-state index is 0.900. The molecule has 0 N–H and O–H groups in total. The molecule has 0 heteroatoms. The third-order valence-electron chi connectivity index (χ3n) is 24.6. The minimum Gasteiger partial charge on any atom is -0.0816 e. The van der Waals surface area contributed by atoms with Crippen molar-refractivity contribution in [3.05, 3.63) is 11.6 Å². The molecule has 11 rings (SSSR count). The molecule has 10 unspecified atom stereocenters. The van der Waals surface area contributed by atoms with E-state index in [0.717, 1.165) is 136 Å². The van der Waals surface area contributed by atoms with Gasteiger partial charge >= 0.3 is 0 Å². The summed E-state index contributed by atoms with van der Waals surface area (Å²) in [6.45, 7) is 10.3. The molecular formula is C63H104. The lowest BCUT2D eigenvalue weighted by atomic mass is 9.42. The molecule has 356 valence electrons. The number of rotatable bonds is 8. The van der Waals surface area contributed by atoms with Crippen molar-refractivity contribution in [2.24, 2.45) is 136 Å². The molecule has 0 saturated heterocycles. The summed E-state index contributed by atoms with van der Waals surface area (Å²) < 4.78 is 0. The van der Waals surface area contributed by atoms with Crippen LogP contribution in [0.1, 0.15) is 246 Å². The van der Waals surface area contributed by atoms with E-state index < -0.39 is 0 Å². The predicted octanol–water partition coefficient (Wildman–Crippen LogP) is 18.6. The van der Waals surface area contributed by atoms with Crippen LogP contribution >= 0.6 is 0 Å². The van der Waals surface area contributed by atoms with Gasteiger partial charge in [-0.05, 0) is 239 Å². The fourth-order valence-electron chi connectivity index (χ4n) is 21.5. The molecule has 0 bridgehead atoms. The van der Waals surface area contributed by atoms with Crippen LogP contribution in [0.4, 0.5) is 0 Å². The molecule has 11 fully saturated rings. The summed E-state index contributed by atoms with van der Waals surface area (Å²) in [5.74, 6) is 24.2. The molecule has 0 nitrogen and oxygen atoms in total. The van der Waals surface area contributed by atoms with Gasteiger partial charge in [0.25, 0.3) is 0 Å². The van der Waals surface area contributed by atoms with E-state index in [1.807, 2.05) is 0 Å². The van der Waals surface area contributed by atoms with E-state index in [1.165, 1.54) is 51.4 Å². The maximum Gasteiger partial charge on any atom is -0.0200 e. The van der Waals surface area contributed by atoms with Crippen LogP contribution in [0, 0.1) is 136 Å². The molecule has 0 aromatic carbocycles. The van der Waals surface area contributed by atoms with Crippen molar-refractivity contribution in [2.45, 2.75) is 246 Å². The second-order valence-corrected chi connectivity index (χ2v) is 28.0. The maximum atomic E-state index is 3.16. The van der Waals surface area contributed by atoms with E-state index in [9.17, 15) is 0 Å². The number of hydrogen-bond acceptors (Lipinski definition) is 0. The highest BCUT2D eigenvalue weighted by molar-refractivity contribution is 5.18. The first-order chi connectivity index (χ1) is 30.9. The molecule has 0 aliphatic heterocycles. The molecule has 0 radical (unpaired) electrons. The lowest BCUT2D eigenvalue weighted by Gasteiger charge is -2.63. The van der Waals surface area contributed by atoms with Crippen LogP contribution in [-0.2, 0) is 0 Å². The van der Waals surface area contributed by atoms with Gasteiger partial charge in [0.1, 0.15) is 0 Å². The molecule has 11 saturated carbocycles. The van der Waals surface area contributed by atoms with Gasteiger partial charge in [0, 0.05) is 0 Å². The van der Waals surface area contributed by atoms with E-state index in [1.54, 1.807) is 167 Å². The Morgan fingerprint density at radius 2 is 0.683 bits per heavy atom. The highest BCUT2D eigenvalue weighted by atomic mass is 14.7. The van der Waals surface area contributed by atoms with Gasteiger partial charge in [0.05, 0.1) is 0 Å². The average Bonchev–Trinajstić information content (AvgIpc) is 4.07. The lowest BCUT2D eigenvalue weighted by molar-refractivity contribution is -0.139. The minimum absolute atomic E-state index is 0.900. The summed E-state index contributed by atoms with van der Waals surface area (Å²) in [6.07, 6.45) is 56.7. The first-order valence-corrected chi connectivity index (χ1v) is 30.6. The van der Waals surface area contributed by atoms with Gasteiger partial charge in [0.15, 0.2) is 0 Å². The Kier molecular flexibility index (Phi) is 14.3. The molecule has 63 heavy (non-hydrogen) atoms. The standard InChI is InChI=1S/C63H104/c1-40-17-26-46(27-18-40)56(47-28-19-41(2)20-29-47)37-44-25-35-54-57(38-44)63(53-16-10-14-45-11-8-9-15-52(45)53)55-36-34-51(39-58(55)59(54)48-12-6-5-7-13-48)62-60(49-30-21-42(3)22-31-49)61(62)50-32-23-43(4)24-33-50/h37,40-55,57-63H,5-36,38-39H2,1-4H3/t40?,41?,42?,43?,44?,45?,46?,47?,49?,50?,51-,52?,53?,54?,55+,57?,58-,59?,60?,61?,62?,63?/m0/s1. The Bertz CT molecular complexity index is 1410. The normalized spacial score (nSPS) is 52.1. The predicted molar refractivity (Wildman–Crippen MR) is 268 cm³/mol. The average molecular weight is 862 g/mol. The first kappa shape index (κ1) is 45.2. The van der Waals surface area contributed by atoms with E-state index in [0.29, 0.717) is 0 Å². The number of hydrogen-bond donors (Lipinski definition) is 0. The summed E-state index contributed by atoms with van der Waals surface area (Å²) in [4.78, 5) is 0. The highest BCUT2D eigenvalue weighted by Gasteiger charge is 2.63. The van der Waals surface area contributed by atoms with Gasteiger partial charge in [-0.3, -0.25) is 0 Å². The second-order valence-electron chi connectivity index (χ2n) is 28.0. The monoisotopic (exact) mass is 861 g/mol. The van der Waals surface area contributed by atoms with Crippen LogP contribution in [0.25, 0.3) is 0 Å². The van der Waals surface area contributed by atoms with E-state index in [-0.39, 0.29) is 0 Å². The van der Waals surface area contributed by atoms with Crippen molar-refractivity contribution >= 4 is 0 Å². The SMILES string of the molecule is CC1CCC(C(=CC2CCC3C(C2)C(C2CCCC4CCCCC42)[C@@H]2CC[C@H](C4C(C5CCC(C)CC5)C4C4CCC(C)CC4)C[C@@H]2C3C2CCCCC2)C2CCC(C)CC2)CC1. The highest BCUT2D eigenvalue weighted by Crippen LogP contribution is 2.70. The van der Waals surface area contributed by atoms with Crippen LogP contribution in [0.2, 0.25) is 0 Å². The van der Waals surface area contributed by atoms with E-state index >= 15 is 0 Å². The summed E-state index contributed by atoms with van der Waals surface area (Å²) in [7, 11) is 0. The quantitative estimate of drug-likeness (QED) is 0.213. The molecular weight excluding hydrogens is 757 g/mol. The molecule has 0 aromatic rings.